The molecule has 5 nitrogen and oxygen atoms in total. The van der Waals surface area contributed by atoms with E-state index < -0.39 is 0 Å². The van der Waals surface area contributed by atoms with Crippen LogP contribution in [0, 0.1) is 0 Å². The third-order valence-corrected chi connectivity index (χ3v) is 11.8. The van der Waals surface area contributed by atoms with Crippen molar-refractivity contribution in [2.45, 2.75) is 0 Å². The molecule has 0 saturated carbocycles. The lowest BCUT2D eigenvalue weighted by molar-refractivity contribution is 1.07. The molecule has 3 aromatic heterocycles. The molecule has 61 heavy (non-hydrogen) atoms. The first-order chi connectivity index (χ1) is 30.2. The minimum absolute atomic E-state index is 0.631. The first-order valence-electron chi connectivity index (χ1n) is 20.6. The van der Waals surface area contributed by atoms with Crippen molar-refractivity contribution in [3.05, 3.63) is 212 Å². The van der Waals surface area contributed by atoms with Crippen molar-refractivity contribution in [2.24, 2.45) is 0 Å². The molecule has 0 aliphatic heterocycles. The number of para-hydroxylation sites is 2. The Bertz CT molecular complexity index is 3550. The lowest BCUT2D eigenvalue weighted by atomic mass is 9.92. The maximum Gasteiger partial charge on any atom is 0.164 e. The van der Waals surface area contributed by atoms with Crippen LogP contribution in [0.1, 0.15) is 0 Å². The van der Waals surface area contributed by atoms with Crippen LogP contribution in [-0.4, -0.2) is 24.5 Å². The average Bonchev–Trinajstić information content (AvgIpc) is 3.69. The zero-order valence-electron chi connectivity index (χ0n) is 32.9. The molecule has 3 heterocycles. The smallest absolute Gasteiger partial charge is 0.164 e. The highest BCUT2D eigenvalue weighted by atomic mass is 15.0. The van der Waals surface area contributed by atoms with Gasteiger partial charge >= 0.3 is 0 Å². The molecule has 0 spiro atoms. The summed E-state index contributed by atoms with van der Waals surface area (Å²) in [6.45, 7) is 0. The monoisotopic (exact) mass is 777 g/mol. The van der Waals surface area contributed by atoms with Gasteiger partial charge in [0.25, 0.3) is 0 Å². The van der Waals surface area contributed by atoms with Gasteiger partial charge in [0, 0.05) is 54.9 Å². The van der Waals surface area contributed by atoms with Gasteiger partial charge in [-0.1, -0.05) is 176 Å². The fourth-order valence-corrected chi connectivity index (χ4v) is 8.97. The molecule has 0 atom stereocenters. The average molecular weight is 778 g/mol. The second-order valence-corrected chi connectivity index (χ2v) is 15.4. The quantitative estimate of drug-likeness (QED) is 0.158. The van der Waals surface area contributed by atoms with E-state index in [0.29, 0.717) is 17.5 Å². The second kappa shape index (κ2) is 14.2. The van der Waals surface area contributed by atoms with Gasteiger partial charge in [0.1, 0.15) is 0 Å². The minimum Gasteiger partial charge on any atom is -0.309 e. The fraction of sp³-hybridized carbons (Fsp3) is 0. The highest BCUT2D eigenvalue weighted by molar-refractivity contribution is 6.30. The molecular weight excluding hydrogens is 743 g/mol. The maximum absolute atomic E-state index is 5.50. The van der Waals surface area contributed by atoms with Gasteiger partial charge in [0.05, 0.1) is 22.2 Å². The van der Waals surface area contributed by atoms with E-state index in [0.717, 1.165) is 66.6 Å². The molecule has 0 N–H and O–H groups in total. The van der Waals surface area contributed by atoms with Crippen molar-refractivity contribution in [1.29, 1.82) is 0 Å². The largest absolute Gasteiger partial charge is 0.309 e. The van der Waals surface area contributed by atoms with E-state index in [4.69, 9.17) is 19.9 Å². The van der Waals surface area contributed by atoms with E-state index in [1.165, 1.54) is 32.4 Å². The predicted molar refractivity (Wildman–Crippen MR) is 252 cm³/mol. The summed E-state index contributed by atoms with van der Waals surface area (Å²) in [6.07, 6.45) is 0. The molecule has 12 aromatic rings. The third-order valence-electron chi connectivity index (χ3n) is 11.8. The number of pyridine rings is 1. The molecule has 0 amide bonds. The van der Waals surface area contributed by atoms with Crippen LogP contribution in [0.4, 0.5) is 0 Å². The normalized spacial score (nSPS) is 11.6. The Kier molecular flexibility index (Phi) is 8.10. The molecule has 0 aliphatic rings. The summed E-state index contributed by atoms with van der Waals surface area (Å²) in [7, 11) is 0. The minimum atomic E-state index is 0.631. The maximum atomic E-state index is 5.50. The Morgan fingerprint density at radius 1 is 0.311 bits per heavy atom. The van der Waals surface area contributed by atoms with Crippen molar-refractivity contribution < 1.29 is 0 Å². The van der Waals surface area contributed by atoms with Crippen molar-refractivity contribution in [3.8, 4) is 62.2 Å². The Hall–Kier alpha value is -8.28. The van der Waals surface area contributed by atoms with Gasteiger partial charge in [-0.2, -0.15) is 0 Å². The molecule has 5 heteroatoms. The number of aromatic nitrogens is 5. The van der Waals surface area contributed by atoms with Crippen LogP contribution in [0.25, 0.3) is 116 Å². The van der Waals surface area contributed by atoms with Crippen LogP contribution in [0.5, 0.6) is 0 Å². The Balaban J connectivity index is 1.07. The van der Waals surface area contributed by atoms with E-state index in [9.17, 15) is 0 Å². The summed E-state index contributed by atoms with van der Waals surface area (Å²) in [6, 6.07) is 74.6. The number of hydrogen-bond donors (Lipinski definition) is 0. The first-order valence-corrected chi connectivity index (χ1v) is 20.6. The SMILES string of the molecule is c1ccc(-c2nc(-c3ccccc3)nc(-c3ccc(-c4ccc5nc(-c6cccc7ccccc67)c6ccc7c(c8ccccc8n7-c7ccccc7)c6c5c4)cc3)n2)cc1. The fourth-order valence-electron chi connectivity index (χ4n) is 8.97. The summed E-state index contributed by atoms with van der Waals surface area (Å²) in [5.74, 6) is 1.92. The summed E-state index contributed by atoms with van der Waals surface area (Å²) in [4.78, 5) is 20.3. The van der Waals surface area contributed by atoms with E-state index >= 15 is 0 Å². The van der Waals surface area contributed by atoms with Crippen LogP contribution in [0.3, 0.4) is 0 Å². The predicted octanol–water partition coefficient (Wildman–Crippen LogP) is 14.2. The van der Waals surface area contributed by atoms with Gasteiger partial charge in [-0.3, -0.25) is 0 Å². The van der Waals surface area contributed by atoms with Crippen molar-refractivity contribution >= 4 is 54.3 Å². The van der Waals surface area contributed by atoms with Crippen LogP contribution >= 0.6 is 0 Å². The summed E-state index contributed by atoms with van der Waals surface area (Å²) in [5, 5.41) is 8.24. The van der Waals surface area contributed by atoms with Gasteiger partial charge in [-0.05, 0) is 58.3 Å². The van der Waals surface area contributed by atoms with Crippen LogP contribution in [0.15, 0.2) is 212 Å². The van der Waals surface area contributed by atoms with Crippen molar-refractivity contribution in [2.75, 3.05) is 0 Å². The molecular formula is C56H35N5. The number of nitrogens with zero attached hydrogens (tertiary/aromatic N) is 5. The molecule has 0 unspecified atom stereocenters. The van der Waals surface area contributed by atoms with Crippen LogP contribution in [-0.2, 0) is 0 Å². The Morgan fingerprint density at radius 2 is 0.869 bits per heavy atom. The molecule has 0 radical (unpaired) electrons. The van der Waals surface area contributed by atoms with Crippen molar-refractivity contribution in [3.63, 3.8) is 0 Å². The molecule has 284 valence electrons. The molecule has 0 saturated heterocycles. The summed E-state index contributed by atoms with van der Waals surface area (Å²) < 4.78 is 2.39. The number of fused-ring (bicyclic) bond motifs is 8. The topological polar surface area (TPSA) is 56.5 Å². The Morgan fingerprint density at radius 3 is 1.57 bits per heavy atom. The van der Waals surface area contributed by atoms with Gasteiger partial charge in [0.2, 0.25) is 0 Å². The van der Waals surface area contributed by atoms with Crippen LogP contribution in [0.2, 0.25) is 0 Å². The molecule has 0 aliphatic carbocycles. The lowest BCUT2D eigenvalue weighted by Crippen LogP contribution is -2.00. The van der Waals surface area contributed by atoms with Crippen LogP contribution < -0.4 is 0 Å². The molecule has 12 rings (SSSR count). The highest BCUT2D eigenvalue weighted by Crippen LogP contribution is 2.44. The molecule has 0 bridgehead atoms. The number of benzene rings is 9. The molecule has 0 fully saturated rings. The number of hydrogen-bond acceptors (Lipinski definition) is 4. The lowest BCUT2D eigenvalue weighted by Gasteiger charge is -2.15. The van der Waals surface area contributed by atoms with Crippen molar-refractivity contribution in [1.82, 2.24) is 24.5 Å². The third kappa shape index (κ3) is 5.86. The van der Waals surface area contributed by atoms with E-state index in [2.05, 4.69) is 156 Å². The summed E-state index contributed by atoms with van der Waals surface area (Å²) >= 11 is 0. The second-order valence-electron chi connectivity index (χ2n) is 15.4. The standard InChI is InChI=1S/C56H35N5/c1-4-16-38(17-5-1)54-58-55(39-18-6-2-7-19-39)60-56(59-54)40-29-27-36(28-30-40)41-31-33-48-47(35-41)51-46(53(57-48)44-25-14-20-37-15-10-11-23-43(37)44)32-34-50-52(51)45-24-12-13-26-49(45)61(50)42-21-8-3-9-22-42/h1-35H. The number of rotatable bonds is 6. The van der Waals surface area contributed by atoms with E-state index in [1.807, 2.05) is 60.7 Å². The first kappa shape index (κ1) is 34.7. The molecule has 9 aromatic carbocycles. The zero-order valence-corrected chi connectivity index (χ0v) is 32.9. The van der Waals surface area contributed by atoms with Gasteiger partial charge in [0.15, 0.2) is 17.5 Å². The van der Waals surface area contributed by atoms with Gasteiger partial charge in [-0.15, -0.1) is 0 Å². The Labute approximate surface area is 351 Å². The van der Waals surface area contributed by atoms with E-state index in [1.54, 1.807) is 0 Å². The van der Waals surface area contributed by atoms with Gasteiger partial charge < -0.3 is 4.57 Å². The zero-order chi connectivity index (χ0) is 40.3. The van der Waals surface area contributed by atoms with Gasteiger partial charge in [-0.25, -0.2) is 19.9 Å². The highest BCUT2D eigenvalue weighted by Gasteiger charge is 2.21. The summed E-state index contributed by atoms with van der Waals surface area (Å²) in [5.41, 5.74) is 11.5. The van der Waals surface area contributed by atoms with E-state index in [-0.39, 0.29) is 0 Å².